The Labute approximate surface area is 193 Å². The molecule has 9 nitrogen and oxygen atoms in total. The highest BCUT2D eigenvalue weighted by atomic mass is 28.5. The SMILES string of the molecule is CO[Si](CCCOC(=O)CCC[Si]1(C)O[Si](C)(C)O[Si](C)(C)O[Si](C)(C)O1)(OC)OC. The van der Waals surface area contributed by atoms with Gasteiger partial charge in [-0.1, -0.05) is 0 Å². The summed E-state index contributed by atoms with van der Waals surface area (Å²) in [6, 6.07) is 1.28. The molecule has 1 rings (SSSR count). The Balaban J connectivity index is 2.52. The molecule has 1 fully saturated rings. The number of ether oxygens (including phenoxy) is 1. The second-order valence-corrected chi connectivity index (χ2v) is 26.7. The van der Waals surface area contributed by atoms with E-state index in [0.717, 1.165) is 0 Å². The molecular weight excluding hydrogens is 489 g/mol. The van der Waals surface area contributed by atoms with E-state index in [2.05, 4.69) is 6.55 Å². The van der Waals surface area contributed by atoms with E-state index in [9.17, 15) is 4.79 Å². The van der Waals surface area contributed by atoms with Crippen molar-refractivity contribution >= 4 is 49.0 Å². The van der Waals surface area contributed by atoms with Gasteiger partial charge >= 0.3 is 49.0 Å². The molecule has 0 aliphatic carbocycles. The maximum absolute atomic E-state index is 12.2. The molecule has 31 heavy (non-hydrogen) atoms. The van der Waals surface area contributed by atoms with Crippen molar-refractivity contribution in [3.8, 4) is 0 Å². The molecule has 0 atom stereocenters. The van der Waals surface area contributed by atoms with E-state index in [-0.39, 0.29) is 5.97 Å². The van der Waals surface area contributed by atoms with Gasteiger partial charge < -0.3 is 34.5 Å². The molecule has 0 bridgehead atoms. The fraction of sp³-hybridized carbons (Fsp3) is 0.941. The highest BCUT2D eigenvalue weighted by molar-refractivity contribution is 6.93. The standard InChI is InChI=1S/C17H42O9Si5/c1-19-31(20-2,21-3)16-12-14-22-17(18)13-11-15-30(10)25-28(6,7)23-27(4,5)24-29(8,9)26-30/h11-16H2,1-10H3. The summed E-state index contributed by atoms with van der Waals surface area (Å²) in [6.45, 7) is 14.6. The molecule has 0 aromatic heterocycles. The lowest BCUT2D eigenvalue weighted by Gasteiger charge is -2.47. The Morgan fingerprint density at radius 3 is 1.65 bits per heavy atom. The predicted molar refractivity (Wildman–Crippen MR) is 130 cm³/mol. The van der Waals surface area contributed by atoms with E-state index < -0.39 is 43.0 Å². The molecule has 1 aliphatic heterocycles. The molecule has 0 aromatic rings. The van der Waals surface area contributed by atoms with E-state index in [4.69, 9.17) is 34.5 Å². The third-order valence-corrected chi connectivity index (χ3v) is 24.1. The van der Waals surface area contributed by atoms with Gasteiger partial charge in [0.05, 0.1) is 6.61 Å². The Kier molecular flexibility index (Phi) is 11.0. The molecule has 184 valence electrons. The third-order valence-electron chi connectivity index (χ3n) is 4.74. The van der Waals surface area contributed by atoms with Gasteiger partial charge in [-0.25, -0.2) is 0 Å². The molecule has 0 unspecified atom stereocenters. The van der Waals surface area contributed by atoms with Crippen LogP contribution in [0.4, 0.5) is 0 Å². The van der Waals surface area contributed by atoms with E-state index >= 15 is 0 Å². The van der Waals surface area contributed by atoms with Crippen LogP contribution in [0.1, 0.15) is 19.3 Å². The minimum absolute atomic E-state index is 0.225. The average Bonchev–Trinajstić information content (AvgIpc) is 2.58. The molecule has 0 amide bonds. The fourth-order valence-corrected chi connectivity index (χ4v) is 27.3. The van der Waals surface area contributed by atoms with Gasteiger partial charge in [0.1, 0.15) is 0 Å². The average molecular weight is 531 g/mol. The largest absolute Gasteiger partial charge is 0.500 e. The molecule has 1 aliphatic rings. The Morgan fingerprint density at radius 1 is 0.742 bits per heavy atom. The van der Waals surface area contributed by atoms with Crippen molar-refractivity contribution in [1.82, 2.24) is 0 Å². The van der Waals surface area contributed by atoms with Gasteiger partial charge in [-0.3, -0.25) is 4.79 Å². The van der Waals surface area contributed by atoms with Gasteiger partial charge in [-0.2, -0.15) is 0 Å². The number of hydrogen-bond acceptors (Lipinski definition) is 9. The second-order valence-electron chi connectivity index (χ2n) is 9.21. The van der Waals surface area contributed by atoms with Gasteiger partial charge in [0.15, 0.2) is 0 Å². The maximum atomic E-state index is 12.2. The van der Waals surface area contributed by atoms with Crippen molar-refractivity contribution in [2.75, 3.05) is 27.9 Å². The zero-order valence-corrected chi connectivity index (χ0v) is 25.9. The number of rotatable bonds is 11. The van der Waals surface area contributed by atoms with Crippen LogP contribution in [0.3, 0.4) is 0 Å². The van der Waals surface area contributed by atoms with Gasteiger partial charge in [-0.05, 0) is 64.7 Å². The van der Waals surface area contributed by atoms with Crippen molar-refractivity contribution in [3.63, 3.8) is 0 Å². The molecule has 0 aromatic carbocycles. The van der Waals surface area contributed by atoms with E-state index in [1.807, 2.05) is 39.3 Å². The van der Waals surface area contributed by atoms with Crippen LogP contribution >= 0.6 is 0 Å². The summed E-state index contributed by atoms with van der Waals surface area (Å²) < 4.78 is 47.2. The highest BCUT2D eigenvalue weighted by Gasteiger charge is 2.52. The van der Waals surface area contributed by atoms with Crippen LogP contribution < -0.4 is 0 Å². The second kappa shape index (κ2) is 11.6. The van der Waals surface area contributed by atoms with Crippen LogP contribution in [0, 0.1) is 0 Å². The lowest BCUT2D eigenvalue weighted by atomic mass is 10.3. The minimum Gasteiger partial charge on any atom is -0.466 e. The summed E-state index contributed by atoms with van der Waals surface area (Å²) in [7, 11) is -7.54. The number of esters is 1. The van der Waals surface area contributed by atoms with Gasteiger partial charge in [0.25, 0.3) is 0 Å². The summed E-state index contributed by atoms with van der Waals surface area (Å²) in [5.74, 6) is -0.225. The summed E-state index contributed by atoms with van der Waals surface area (Å²) in [5.41, 5.74) is 0. The zero-order valence-electron chi connectivity index (χ0n) is 20.9. The van der Waals surface area contributed by atoms with E-state index in [1.54, 1.807) is 21.3 Å². The van der Waals surface area contributed by atoms with Gasteiger partial charge in [0, 0.05) is 33.8 Å². The highest BCUT2D eigenvalue weighted by Crippen LogP contribution is 2.33. The summed E-state index contributed by atoms with van der Waals surface area (Å²) in [6.07, 6.45) is 1.59. The first-order valence-electron chi connectivity index (χ1n) is 10.7. The number of carbonyl (C=O) groups is 1. The van der Waals surface area contributed by atoms with Crippen molar-refractivity contribution in [2.24, 2.45) is 0 Å². The van der Waals surface area contributed by atoms with E-state index in [0.29, 0.717) is 38.0 Å². The quantitative estimate of drug-likeness (QED) is 0.224. The molecule has 0 saturated carbocycles. The molecule has 0 radical (unpaired) electrons. The first kappa shape index (κ1) is 29.3. The predicted octanol–water partition coefficient (Wildman–Crippen LogP) is 3.84. The van der Waals surface area contributed by atoms with Crippen LogP contribution in [0.15, 0.2) is 0 Å². The van der Waals surface area contributed by atoms with Crippen molar-refractivity contribution in [3.05, 3.63) is 0 Å². The van der Waals surface area contributed by atoms with E-state index in [1.165, 1.54) is 0 Å². The summed E-state index contributed by atoms with van der Waals surface area (Å²) >= 11 is 0. The van der Waals surface area contributed by atoms with Gasteiger partial charge in [0.2, 0.25) is 0 Å². The minimum atomic E-state index is -2.63. The molecule has 1 saturated heterocycles. The monoisotopic (exact) mass is 530 g/mol. The zero-order chi connectivity index (χ0) is 24.0. The summed E-state index contributed by atoms with van der Waals surface area (Å²) in [5, 5.41) is 0. The lowest BCUT2D eigenvalue weighted by Crippen LogP contribution is -2.65. The normalized spacial score (nSPS) is 22.4. The van der Waals surface area contributed by atoms with Crippen molar-refractivity contribution < 1.29 is 39.3 Å². The van der Waals surface area contributed by atoms with Crippen LogP contribution in [-0.2, 0) is 39.3 Å². The maximum Gasteiger partial charge on any atom is 0.500 e. The Hall–Kier alpha value is 0.274. The number of carbonyl (C=O) groups excluding carboxylic acids is 1. The van der Waals surface area contributed by atoms with Crippen LogP contribution in [-0.4, -0.2) is 77.0 Å². The molecule has 0 spiro atoms. The smallest absolute Gasteiger partial charge is 0.466 e. The van der Waals surface area contributed by atoms with Crippen LogP contribution in [0.25, 0.3) is 0 Å². The van der Waals surface area contributed by atoms with Crippen LogP contribution in [0.2, 0.25) is 57.9 Å². The number of hydrogen-bond donors (Lipinski definition) is 0. The summed E-state index contributed by atoms with van der Waals surface area (Å²) in [4.78, 5) is 12.2. The first-order chi connectivity index (χ1) is 14.1. The first-order valence-corrected chi connectivity index (χ1v) is 23.6. The molecule has 1 heterocycles. The van der Waals surface area contributed by atoms with Crippen molar-refractivity contribution in [2.45, 2.75) is 77.2 Å². The fourth-order valence-electron chi connectivity index (χ4n) is 4.07. The molecular formula is C17H42O9Si5. The lowest BCUT2D eigenvalue weighted by molar-refractivity contribution is -0.143. The van der Waals surface area contributed by atoms with Crippen molar-refractivity contribution in [1.29, 1.82) is 0 Å². The topological polar surface area (TPSA) is 90.9 Å². The van der Waals surface area contributed by atoms with Crippen LogP contribution in [0.5, 0.6) is 0 Å². The van der Waals surface area contributed by atoms with Gasteiger partial charge in [-0.15, -0.1) is 0 Å². The Bertz CT molecular complexity index is 554. The third kappa shape index (κ3) is 10.4. The molecule has 14 heteroatoms. The Morgan fingerprint density at radius 2 is 1.19 bits per heavy atom. The molecule has 0 N–H and O–H groups in total.